The van der Waals surface area contributed by atoms with Gasteiger partial charge in [0.1, 0.15) is 0 Å². The van der Waals surface area contributed by atoms with Crippen LogP contribution in [0.25, 0.3) is 0 Å². The Kier molecular flexibility index (Phi) is 14.6. The SMILES string of the molecule is CS(C)=O.O=C(NCCN(CCNC(=O)Nc1cccc([N+](=O)[O-])c1)C(=O)Nc1cccc([N+](=O)[O-])c1)Nc1cccc([N+](=O)[O-])c1. The highest BCUT2D eigenvalue weighted by Gasteiger charge is 2.17. The summed E-state index contributed by atoms with van der Waals surface area (Å²) in [6, 6.07) is 13.7. The normalized spacial score (nSPS) is 10.0. The molecule has 3 aromatic carbocycles. The molecule has 0 fully saturated rings. The van der Waals surface area contributed by atoms with Crippen molar-refractivity contribution in [3.63, 3.8) is 0 Å². The molecule has 0 spiro atoms. The van der Waals surface area contributed by atoms with Gasteiger partial charge >= 0.3 is 18.1 Å². The first-order chi connectivity index (χ1) is 22.2. The number of nitro benzene ring substituents is 3. The number of anilines is 3. The minimum absolute atomic E-state index is 0.0721. The number of non-ortho nitro benzene ring substituents is 3. The number of hydrogen-bond donors (Lipinski definition) is 5. The van der Waals surface area contributed by atoms with Crippen LogP contribution in [0, 0.1) is 30.3 Å². The summed E-state index contributed by atoms with van der Waals surface area (Å²) in [6.45, 7) is -0.305. The molecule has 0 radical (unpaired) electrons. The van der Waals surface area contributed by atoms with Crippen molar-refractivity contribution in [3.05, 3.63) is 103 Å². The molecule has 6 amide bonds. The lowest BCUT2D eigenvalue weighted by atomic mass is 10.3. The lowest BCUT2D eigenvalue weighted by Gasteiger charge is -2.23. The zero-order valence-corrected chi connectivity index (χ0v) is 25.9. The van der Waals surface area contributed by atoms with Crippen molar-refractivity contribution >= 4 is 63.0 Å². The quantitative estimate of drug-likeness (QED) is 0.137. The Morgan fingerprint density at radius 2 is 0.957 bits per heavy atom. The zero-order valence-electron chi connectivity index (χ0n) is 25.0. The number of carbonyl (C=O) groups is 3. The first-order valence-electron chi connectivity index (χ1n) is 13.4. The average Bonchev–Trinajstić information content (AvgIpc) is 3.00. The molecule has 0 saturated heterocycles. The number of rotatable bonds is 12. The number of nitrogens with zero attached hydrogens (tertiary/aromatic N) is 4. The number of urea groups is 3. The van der Waals surface area contributed by atoms with E-state index in [2.05, 4.69) is 26.6 Å². The molecule has 0 saturated carbocycles. The first-order valence-corrected chi connectivity index (χ1v) is 15.4. The summed E-state index contributed by atoms with van der Waals surface area (Å²) in [5, 5.41) is 45.4. The molecule has 3 aromatic rings. The molecule has 19 nitrogen and oxygen atoms in total. The fourth-order valence-electron chi connectivity index (χ4n) is 3.57. The molecule has 0 aliphatic carbocycles. The van der Waals surface area contributed by atoms with Crippen LogP contribution in [0.3, 0.4) is 0 Å². The van der Waals surface area contributed by atoms with Gasteiger partial charge in [0, 0.05) is 103 Å². The van der Waals surface area contributed by atoms with E-state index in [-0.39, 0.29) is 60.3 Å². The Morgan fingerprint density at radius 1 is 0.638 bits per heavy atom. The Morgan fingerprint density at radius 3 is 1.28 bits per heavy atom. The monoisotopic (exact) mass is 673 g/mol. The second-order valence-electron chi connectivity index (χ2n) is 9.34. The molecule has 250 valence electrons. The molecule has 0 aliphatic rings. The van der Waals surface area contributed by atoms with Gasteiger partial charge in [0.05, 0.1) is 14.8 Å². The Bertz CT molecular complexity index is 1560. The molecule has 0 heterocycles. The molecule has 5 N–H and O–H groups in total. The number of nitro groups is 3. The second-order valence-corrected chi connectivity index (χ2v) is 10.8. The van der Waals surface area contributed by atoms with Gasteiger partial charge in [-0.2, -0.15) is 0 Å². The fraction of sp³-hybridized carbons (Fsp3) is 0.222. The van der Waals surface area contributed by atoms with Gasteiger partial charge in [0.2, 0.25) is 0 Å². The summed E-state index contributed by atoms with van der Waals surface area (Å²) >= 11 is 0. The minimum Gasteiger partial charge on any atom is -0.336 e. The van der Waals surface area contributed by atoms with E-state index in [1.54, 1.807) is 12.5 Å². The van der Waals surface area contributed by atoms with Crippen LogP contribution in [-0.4, -0.2) is 80.7 Å². The van der Waals surface area contributed by atoms with E-state index in [4.69, 9.17) is 0 Å². The van der Waals surface area contributed by atoms with Crippen LogP contribution in [0.1, 0.15) is 0 Å². The maximum absolute atomic E-state index is 13.0. The molecule has 47 heavy (non-hydrogen) atoms. The number of amides is 6. The number of carbonyl (C=O) groups excluding carboxylic acids is 3. The molecule has 20 heteroatoms. The fourth-order valence-corrected chi connectivity index (χ4v) is 3.57. The Labute approximate surface area is 269 Å². The average molecular weight is 674 g/mol. The topological polar surface area (TPSA) is 261 Å². The van der Waals surface area contributed by atoms with Crippen LogP contribution in [0.5, 0.6) is 0 Å². The van der Waals surface area contributed by atoms with Crippen molar-refractivity contribution in [1.82, 2.24) is 15.5 Å². The number of nitrogens with one attached hydrogen (secondary N) is 5. The molecule has 3 rings (SSSR count). The maximum Gasteiger partial charge on any atom is 0.321 e. The summed E-state index contributed by atoms with van der Waals surface area (Å²) in [6.07, 6.45) is 3.28. The summed E-state index contributed by atoms with van der Waals surface area (Å²) in [4.78, 5) is 69.9. The predicted octanol–water partition coefficient (Wildman–Crippen LogP) is 3.88. The van der Waals surface area contributed by atoms with E-state index in [1.807, 2.05) is 0 Å². The molecule has 0 aromatic heterocycles. The van der Waals surface area contributed by atoms with E-state index in [9.17, 15) is 48.9 Å². The van der Waals surface area contributed by atoms with Crippen LogP contribution in [0.15, 0.2) is 72.8 Å². The smallest absolute Gasteiger partial charge is 0.321 e. The third-order valence-electron chi connectivity index (χ3n) is 5.56. The second kappa shape index (κ2) is 18.6. The molecule has 0 aliphatic heterocycles. The third kappa shape index (κ3) is 14.0. The Balaban J connectivity index is 0.00000181. The lowest BCUT2D eigenvalue weighted by Crippen LogP contribution is -2.45. The standard InChI is InChI=1S/C25H25N9O9.C2H6OS/c35-23(28-17-4-1-7-20(14-17)32(38)39)26-10-12-31(25(37)30-19-6-3-9-22(16-19)34(42)43)13-11-27-24(36)29-18-5-2-8-21(15-18)33(40)41;1-4(2)3/h1-9,14-16H,10-13H2,(H,30,37)(H2,26,28,35)(H2,27,29,36);1-2H3. The van der Waals surface area contributed by atoms with E-state index < -0.39 is 43.7 Å². The van der Waals surface area contributed by atoms with Crippen LogP contribution < -0.4 is 26.6 Å². The summed E-state index contributed by atoms with van der Waals surface area (Å²) in [5.74, 6) is 0. The summed E-state index contributed by atoms with van der Waals surface area (Å²) < 4.78 is 9.56. The highest BCUT2D eigenvalue weighted by Crippen LogP contribution is 2.19. The molecular formula is C27H31N9O10S. The maximum atomic E-state index is 13.0. The van der Waals surface area contributed by atoms with Gasteiger partial charge in [-0.25, -0.2) is 14.4 Å². The summed E-state index contributed by atoms with van der Waals surface area (Å²) in [5.41, 5.74) is -0.204. The van der Waals surface area contributed by atoms with Crippen molar-refractivity contribution in [2.45, 2.75) is 0 Å². The predicted molar refractivity (Wildman–Crippen MR) is 174 cm³/mol. The molecule has 0 atom stereocenters. The summed E-state index contributed by atoms with van der Waals surface area (Å²) in [7, 11) is -0.611. The number of hydrogen-bond acceptors (Lipinski definition) is 10. The molecule has 0 bridgehead atoms. The van der Waals surface area contributed by atoms with Crippen LogP contribution in [0.2, 0.25) is 0 Å². The zero-order chi connectivity index (χ0) is 34.9. The van der Waals surface area contributed by atoms with Crippen molar-refractivity contribution in [3.8, 4) is 0 Å². The van der Waals surface area contributed by atoms with Gasteiger partial charge in [-0.05, 0) is 18.2 Å². The highest BCUT2D eigenvalue weighted by atomic mass is 32.2. The van der Waals surface area contributed by atoms with Crippen molar-refractivity contribution < 1.29 is 33.4 Å². The van der Waals surface area contributed by atoms with Gasteiger partial charge in [0.25, 0.3) is 17.1 Å². The molecule has 0 unspecified atom stereocenters. The van der Waals surface area contributed by atoms with E-state index in [0.29, 0.717) is 0 Å². The Hall–Kier alpha value is -6.18. The van der Waals surface area contributed by atoms with E-state index in [1.165, 1.54) is 71.6 Å². The molecular weight excluding hydrogens is 642 g/mol. The largest absolute Gasteiger partial charge is 0.336 e. The highest BCUT2D eigenvalue weighted by molar-refractivity contribution is 7.83. The van der Waals surface area contributed by atoms with Gasteiger partial charge in [-0.1, -0.05) is 18.2 Å². The first kappa shape index (κ1) is 37.0. The van der Waals surface area contributed by atoms with Gasteiger partial charge in [-0.3, -0.25) is 34.6 Å². The van der Waals surface area contributed by atoms with Crippen LogP contribution >= 0.6 is 0 Å². The van der Waals surface area contributed by atoms with Crippen molar-refractivity contribution in [1.29, 1.82) is 0 Å². The lowest BCUT2D eigenvalue weighted by molar-refractivity contribution is -0.385. The number of benzene rings is 3. The van der Waals surface area contributed by atoms with Gasteiger partial charge in [0.15, 0.2) is 0 Å². The van der Waals surface area contributed by atoms with Crippen LogP contribution in [0.4, 0.5) is 48.5 Å². The van der Waals surface area contributed by atoms with E-state index in [0.717, 1.165) is 6.07 Å². The van der Waals surface area contributed by atoms with Crippen LogP contribution in [-0.2, 0) is 10.8 Å². The van der Waals surface area contributed by atoms with Gasteiger partial charge < -0.3 is 31.5 Å². The van der Waals surface area contributed by atoms with Crippen molar-refractivity contribution in [2.24, 2.45) is 0 Å². The third-order valence-corrected chi connectivity index (χ3v) is 5.56. The minimum atomic E-state index is -0.700. The van der Waals surface area contributed by atoms with Crippen molar-refractivity contribution in [2.75, 3.05) is 54.6 Å². The van der Waals surface area contributed by atoms with Gasteiger partial charge in [-0.15, -0.1) is 0 Å². The van der Waals surface area contributed by atoms with E-state index >= 15 is 0 Å².